The molecule has 0 aromatic rings. The van der Waals surface area contributed by atoms with Crippen molar-refractivity contribution in [2.75, 3.05) is 33.7 Å². The number of nitrogens with one attached hydrogen (secondary N) is 1. The molecule has 1 aliphatic heterocycles. The second kappa shape index (κ2) is 6.70. The van der Waals surface area contributed by atoms with Gasteiger partial charge in [-0.25, -0.2) is 0 Å². The van der Waals surface area contributed by atoms with Gasteiger partial charge >= 0.3 is 0 Å². The summed E-state index contributed by atoms with van der Waals surface area (Å²) < 4.78 is 0. The molecule has 16 heavy (non-hydrogen) atoms. The molecule has 1 fully saturated rings. The van der Waals surface area contributed by atoms with E-state index in [0.717, 1.165) is 19.5 Å². The van der Waals surface area contributed by atoms with Gasteiger partial charge in [0, 0.05) is 33.6 Å². The third kappa shape index (κ3) is 3.98. The van der Waals surface area contributed by atoms with Crippen LogP contribution in [0.5, 0.6) is 0 Å². The highest BCUT2D eigenvalue weighted by atomic mass is 35.5. The number of rotatable bonds is 3. The van der Waals surface area contributed by atoms with E-state index in [1.807, 2.05) is 0 Å². The van der Waals surface area contributed by atoms with Crippen LogP contribution in [-0.4, -0.2) is 61.4 Å². The fourth-order valence-corrected chi connectivity index (χ4v) is 1.60. The third-order valence-corrected chi connectivity index (χ3v) is 2.89. The summed E-state index contributed by atoms with van der Waals surface area (Å²) in [4.78, 5) is 25.9. The van der Waals surface area contributed by atoms with Crippen molar-refractivity contribution in [3.63, 3.8) is 0 Å². The Morgan fingerprint density at radius 3 is 2.44 bits per heavy atom. The van der Waals surface area contributed by atoms with Gasteiger partial charge in [0.05, 0.1) is 6.54 Å². The number of carbonyl (C=O) groups is 2. The van der Waals surface area contributed by atoms with E-state index >= 15 is 0 Å². The standard InChI is InChI=1S/C10H19N3O2.ClH/c1-8(14)12(2)7-10(15)13(3)9-4-5-11-6-9;/h9,11H,4-7H2,1-3H3;1H. The molecule has 1 aliphatic rings. The predicted molar refractivity (Wildman–Crippen MR) is 64.6 cm³/mol. The molecule has 0 aromatic carbocycles. The van der Waals surface area contributed by atoms with Crippen LogP contribution in [-0.2, 0) is 9.59 Å². The zero-order valence-electron chi connectivity index (χ0n) is 10.0. The maximum atomic E-state index is 11.7. The third-order valence-electron chi connectivity index (χ3n) is 2.89. The monoisotopic (exact) mass is 249 g/mol. The number of halogens is 1. The Bertz CT molecular complexity index is 254. The van der Waals surface area contributed by atoms with Crippen molar-refractivity contribution in [3.05, 3.63) is 0 Å². The van der Waals surface area contributed by atoms with E-state index in [-0.39, 0.29) is 36.8 Å². The maximum Gasteiger partial charge on any atom is 0.242 e. The second-order valence-corrected chi connectivity index (χ2v) is 4.03. The molecule has 1 N–H and O–H groups in total. The number of carbonyl (C=O) groups excluding carboxylic acids is 2. The first-order valence-electron chi connectivity index (χ1n) is 5.20. The number of nitrogens with zero attached hydrogens (tertiary/aromatic N) is 2. The lowest BCUT2D eigenvalue weighted by atomic mass is 10.2. The molecule has 1 rings (SSSR count). The van der Waals surface area contributed by atoms with Crippen molar-refractivity contribution in [3.8, 4) is 0 Å². The molecule has 94 valence electrons. The SMILES string of the molecule is CC(=O)N(C)CC(=O)N(C)C1CCNC1.Cl. The summed E-state index contributed by atoms with van der Waals surface area (Å²) in [5.41, 5.74) is 0. The topological polar surface area (TPSA) is 52.7 Å². The van der Waals surface area contributed by atoms with Crippen LogP contribution in [0.3, 0.4) is 0 Å². The molecule has 1 atom stereocenters. The Morgan fingerprint density at radius 1 is 1.38 bits per heavy atom. The molecule has 0 spiro atoms. The van der Waals surface area contributed by atoms with Gasteiger partial charge in [0.1, 0.15) is 0 Å². The molecule has 0 aliphatic carbocycles. The first-order chi connectivity index (χ1) is 7.02. The minimum absolute atomic E-state index is 0. The lowest BCUT2D eigenvalue weighted by molar-refractivity contribution is -0.138. The average Bonchev–Trinajstić information content (AvgIpc) is 2.68. The van der Waals surface area contributed by atoms with E-state index in [2.05, 4.69) is 5.32 Å². The van der Waals surface area contributed by atoms with Gasteiger partial charge in [-0.3, -0.25) is 9.59 Å². The summed E-state index contributed by atoms with van der Waals surface area (Å²) in [6, 6.07) is 0.276. The van der Waals surface area contributed by atoms with Gasteiger partial charge in [-0.2, -0.15) is 0 Å². The molecule has 2 amide bonds. The van der Waals surface area contributed by atoms with Crippen molar-refractivity contribution < 1.29 is 9.59 Å². The highest BCUT2D eigenvalue weighted by Crippen LogP contribution is 2.06. The van der Waals surface area contributed by atoms with Crippen LogP contribution in [0.1, 0.15) is 13.3 Å². The van der Waals surface area contributed by atoms with Gasteiger partial charge < -0.3 is 15.1 Å². The first-order valence-corrected chi connectivity index (χ1v) is 5.20. The van der Waals surface area contributed by atoms with Gasteiger partial charge in [0.25, 0.3) is 0 Å². The molecule has 6 heteroatoms. The van der Waals surface area contributed by atoms with Crippen LogP contribution in [0.25, 0.3) is 0 Å². The highest BCUT2D eigenvalue weighted by Gasteiger charge is 2.23. The lowest BCUT2D eigenvalue weighted by Crippen LogP contribution is -2.44. The zero-order chi connectivity index (χ0) is 11.4. The Kier molecular flexibility index (Phi) is 6.36. The predicted octanol–water partition coefficient (Wildman–Crippen LogP) is -0.293. The molecular formula is C10H20ClN3O2. The maximum absolute atomic E-state index is 11.7. The summed E-state index contributed by atoms with van der Waals surface area (Å²) in [6.07, 6.45) is 0.992. The van der Waals surface area contributed by atoms with Crippen LogP contribution < -0.4 is 5.32 Å². The number of hydrogen-bond acceptors (Lipinski definition) is 3. The van der Waals surface area contributed by atoms with E-state index in [1.165, 1.54) is 11.8 Å². The minimum Gasteiger partial charge on any atom is -0.340 e. The largest absolute Gasteiger partial charge is 0.340 e. The van der Waals surface area contributed by atoms with Gasteiger partial charge in [0.2, 0.25) is 11.8 Å². The molecule has 0 aromatic heterocycles. The fraction of sp³-hybridized carbons (Fsp3) is 0.800. The summed E-state index contributed by atoms with van der Waals surface area (Å²) in [5.74, 6) is -0.0808. The summed E-state index contributed by atoms with van der Waals surface area (Å²) >= 11 is 0. The second-order valence-electron chi connectivity index (χ2n) is 4.03. The summed E-state index contributed by atoms with van der Waals surface area (Å²) in [5, 5.41) is 3.21. The van der Waals surface area contributed by atoms with Crippen LogP contribution in [0.2, 0.25) is 0 Å². The Labute approximate surface area is 103 Å². The Morgan fingerprint density at radius 2 is 2.00 bits per heavy atom. The molecule has 5 nitrogen and oxygen atoms in total. The number of hydrogen-bond donors (Lipinski definition) is 1. The van der Waals surface area contributed by atoms with Gasteiger partial charge in [-0.05, 0) is 13.0 Å². The van der Waals surface area contributed by atoms with Gasteiger partial charge in [0.15, 0.2) is 0 Å². The summed E-state index contributed by atoms with van der Waals surface area (Å²) in [7, 11) is 3.44. The molecule has 1 saturated heterocycles. The van der Waals surface area contributed by atoms with Gasteiger partial charge in [-0.15, -0.1) is 12.4 Å². The molecular weight excluding hydrogens is 230 g/mol. The normalized spacial score (nSPS) is 18.8. The lowest BCUT2D eigenvalue weighted by Gasteiger charge is -2.26. The van der Waals surface area contributed by atoms with Crippen molar-refractivity contribution in [2.45, 2.75) is 19.4 Å². The quantitative estimate of drug-likeness (QED) is 0.748. The molecule has 0 radical (unpaired) electrons. The number of likely N-dealkylation sites (N-methyl/N-ethyl adjacent to an activating group) is 2. The van der Waals surface area contributed by atoms with Crippen molar-refractivity contribution in [1.82, 2.24) is 15.1 Å². The molecule has 0 saturated carbocycles. The van der Waals surface area contributed by atoms with E-state index in [0.29, 0.717) is 0 Å². The molecule has 1 unspecified atom stereocenters. The Hall–Kier alpha value is -0.810. The minimum atomic E-state index is -0.0821. The highest BCUT2D eigenvalue weighted by molar-refractivity contribution is 5.85. The van der Waals surface area contributed by atoms with E-state index in [1.54, 1.807) is 19.0 Å². The first kappa shape index (κ1) is 15.2. The number of amides is 2. The van der Waals surface area contributed by atoms with Crippen LogP contribution >= 0.6 is 12.4 Å². The smallest absolute Gasteiger partial charge is 0.242 e. The van der Waals surface area contributed by atoms with Crippen molar-refractivity contribution in [2.24, 2.45) is 0 Å². The van der Waals surface area contributed by atoms with E-state index < -0.39 is 0 Å². The van der Waals surface area contributed by atoms with Crippen LogP contribution in [0.4, 0.5) is 0 Å². The fourth-order valence-electron chi connectivity index (χ4n) is 1.60. The van der Waals surface area contributed by atoms with Crippen LogP contribution in [0, 0.1) is 0 Å². The van der Waals surface area contributed by atoms with Crippen molar-refractivity contribution >= 4 is 24.2 Å². The van der Waals surface area contributed by atoms with Crippen molar-refractivity contribution in [1.29, 1.82) is 0 Å². The average molecular weight is 250 g/mol. The zero-order valence-corrected chi connectivity index (χ0v) is 10.8. The van der Waals surface area contributed by atoms with Gasteiger partial charge in [-0.1, -0.05) is 0 Å². The molecule has 0 bridgehead atoms. The van der Waals surface area contributed by atoms with E-state index in [9.17, 15) is 9.59 Å². The molecule has 1 heterocycles. The van der Waals surface area contributed by atoms with Crippen LogP contribution in [0.15, 0.2) is 0 Å². The Balaban J connectivity index is 0.00000225. The summed E-state index contributed by atoms with van der Waals surface area (Å²) in [6.45, 7) is 3.45. The van der Waals surface area contributed by atoms with E-state index in [4.69, 9.17) is 0 Å².